The first-order valence-electron chi connectivity index (χ1n) is 18.0. The molecular formula is C43H52F2O5. The number of aryl methyl sites for hydroxylation is 2. The Labute approximate surface area is 296 Å². The Balaban J connectivity index is 1.38. The van der Waals surface area contributed by atoms with E-state index in [0.717, 1.165) is 56.1 Å². The summed E-state index contributed by atoms with van der Waals surface area (Å²) in [6.07, 6.45) is 9.65. The van der Waals surface area contributed by atoms with E-state index < -0.39 is 18.5 Å². The van der Waals surface area contributed by atoms with Crippen molar-refractivity contribution in [1.29, 1.82) is 0 Å². The zero-order valence-corrected chi connectivity index (χ0v) is 29.9. The third-order valence-electron chi connectivity index (χ3n) is 9.93. The Morgan fingerprint density at radius 3 is 2.04 bits per heavy atom. The Morgan fingerprint density at radius 2 is 1.44 bits per heavy atom. The Hall–Kier alpha value is -4.10. The number of unbranched alkanes of at least 4 members (excludes halogenated alkanes) is 2. The summed E-state index contributed by atoms with van der Waals surface area (Å²) >= 11 is 0. The Bertz CT molecular complexity index is 1650. The minimum absolute atomic E-state index is 0.0345. The van der Waals surface area contributed by atoms with Crippen LogP contribution in [0.15, 0.2) is 78.9 Å². The molecule has 1 unspecified atom stereocenters. The predicted octanol–water partition coefficient (Wildman–Crippen LogP) is 10.1. The van der Waals surface area contributed by atoms with E-state index in [1.807, 2.05) is 12.1 Å². The second kappa shape index (κ2) is 18.8. The number of hydrogen-bond donors (Lipinski definition) is 1. The Morgan fingerprint density at radius 1 is 0.820 bits per heavy atom. The van der Waals surface area contributed by atoms with Crippen molar-refractivity contribution in [1.82, 2.24) is 0 Å². The lowest BCUT2D eigenvalue weighted by Crippen LogP contribution is -2.25. The highest BCUT2D eigenvalue weighted by atomic mass is 19.1. The van der Waals surface area contributed by atoms with Gasteiger partial charge in [-0.05, 0) is 110 Å². The van der Waals surface area contributed by atoms with Gasteiger partial charge in [0.05, 0.1) is 25.4 Å². The largest absolute Gasteiger partial charge is 0.462 e. The third kappa shape index (κ3) is 10.5. The fourth-order valence-electron chi connectivity index (χ4n) is 6.93. The van der Waals surface area contributed by atoms with Gasteiger partial charge in [0, 0.05) is 22.6 Å². The highest BCUT2D eigenvalue weighted by Crippen LogP contribution is 2.40. The molecular weight excluding hydrogens is 634 g/mol. The molecule has 1 atom stereocenters. The minimum atomic E-state index is -0.676. The first-order valence-corrected chi connectivity index (χ1v) is 18.0. The molecule has 0 saturated heterocycles. The van der Waals surface area contributed by atoms with Gasteiger partial charge in [-0.1, -0.05) is 82.3 Å². The SMILES string of the molecule is C=C(C)C(=O)OCC(COC(=O)C(=C)CO)CC1CCC(c2ccc(-c3ccc(-c4ccc(CCCCC)c(CC)c4)c(F)c3)c(F)c2)CC1. The summed E-state index contributed by atoms with van der Waals surface area (Å²) in [6.45, 7) is 12.7. The molecule has 7 heteroatoms. The highest BCUT2D eigenvalue weighted by Gasteiger charge is 2.27. The normalized spacial score (nSPS) is 16.4. The summed E-state index contributed by atoms with van der Waals surface area (Å²) < 4.78 is 41.8. The van der Waals surface area contributed by atoms with Crippen molar-refractivity contribution >= 4 is 11.9 Å². The third-order valence-corrected chi connectivity index (χ3v) is 9.93. The molecule has 5 nitrogen and oxygen atoms in total. The average Bonchev–Trinajstić information content (AvgIpc) is 3.12. The number of rotatable bonds is 17. The van der Waals surface area contributed by atoms with E-state index >= 15 is 8.78 Å². The maximum Gasteiger partial charge on any atom is 0.335 e. The van der Waals surface area contributed by atoms with Crippen LogP contribution in [0.25, 0.3) is 22.3 Å². The van der Waals surface area contributed by atoms with Gasteiger partial charge >= 0.3 is 11.9 Å². The van der Waals surface area contributed by atoms with Gasteiger partial charge < -0.3 is 14.6 Å². The molecule has 0 amide bonds. The van der Waals surface area contributed by atoms with E-state index in [1.165, 1.54) is 30.0 Å². The van der Waals surface area contributed by atoms with Crippen molar-refractivity contribution < 1.29 is 33.0 Å². The van der Waals surface area contributed by atoms with E-state index in [0.29, 0.717) is 34.6 Å². The van der Waals surface area contributed by atoms with Gasteiger partial charge in [0.2, 0.25) is 0 Å². The molecule has 0 bridgehead atoms. The summed E-state index contributed by atoms with van der Waals surface area (Å²) in [4.78, 5) is 24.1. The monoisotopic (exact) mass is 686 g/mol. The molecule has 0 aromatic heterocycles. The number of benzene rings is 3. The summed E-state index contributed by atoms with van der Waals surface area (Å²) in [6, 6.07) is 16.5. The lowest BCUT2D eigenvalue weighted by molar-refractivity contribution is -0.144. The first kappa shape index (κ1) is 38.7. The topological polar surface area (TPSA) is 72.8 Å². The van der Waals surface area contributed by atoms with Crippen LogP contribution in [0, 0.1) is 23.5 Å². The quantitative estimate of drug-likeness (QED) is 0.0870. The molecule has 4 rings (SSSR count). The highest BCUT2D eigenvalue weighted by molar-refractivity contribution is 5.88. The summed E-state index contributed by atoms with van der Waals surface area (Å²) in [7, 11) is 0. The lowest BCUT2D eigenvalue weighted by atomic mass is 9.75. The average molecular weight is 687 g/mol. The van der Waals surface area contributed by atoms with Crippen molar-refractivity contribution in [3.05, 3.63) is 107 Å². The number of carbonyl (C=O) groups excluding carboxylic acids is 2. The summed E-state index contributed by atoms with van der Waals surface area (Å²) in [5, 5.41) is 9.17. The van der Waals surface area contributed by atoms with Crippen LogP contribution in [-0.4, -0.2) is 36.9 Å². The van der Waals surface area contributed by atoms with Crippen molar-refractivity contribution in [2.75, 3.05) is 19.8 Å². The van der Waals surface area contributed by atoms with E-state index in [-0.39, 0.29) is 42.3 Å². The van der Waals surface area contributed by atoms with E-state index in [2.05, 4.69) is 39.1 Å². The van der Waals surface area contributed by atoms with Crippen LogP contribution in [0.4, 0.5) is 8.78 Å². The number of aliphatic hydroxyl groups excluding tert-OH is 1. The fourth-order valence-corrected chi connectivity index (χ4v) is 6.93. The molecule has 3 aromatic carbocycles. The molecule has 268 valence electrons. The standard InChI is InChI=1S/C43H52F2O5/c1-6-8-9-10-33-15-16-36(22-32(33)7-2)38-20-18-37(24-41(38)45)39-19-17-35(23-40(39)44)34-13-11-30(12-14-34)21-31(26-49-42(47)28(3)4)27-50-43(48)29(5)25-46/h15-20,22-24,30-31,34,46H,3,5-14,21,25-27H2,1-2,4H3. The predicted molar refractivity (Wildman–Crippen MR) is 196 cm³/mol. The van der Waals surface area contributed by atoms with E-state index in [9.17, 15) is 9.59 Å². The van der Waals surface area contributed by atoms with Gasteiger partial charge in [-0.25, -0.2) is 18.4 Å². The summed E-state index contributed by atoms with van der Waals surface area (Å²) in [5.74, 6) is -1.62. The zero-order chi connectivity index (χ0) is 36.2. The molecule has 0 heterocycles. The molecule has 1 fully saturated rings. The molecule has 1 N–H and O–H groups in total. The molecule has 0 aliphatic heterocycles. The van der Waals surface area contributed by atoms with Gasteiger partial charge in [0.1, 0.15) is 11.6 Å². The van der Waals surface area contributed by atoms with E-state index in [4.69, 9.17) is 14.6 Å². The fraction of sp³-hybridized carbons (Fsp3) is 0.442. The van der Waals surface area contributed by atoms with Gasteiger partial charge in [0.15, 0.2) is 0 Å². The second-order valence-corrected chi connectivity index (χ2v) is 13.8. The molecule has 1 saturated carbocycles. The molecule has 0 radical (unpaired) electrons. The minimum Gasteiger partial charge on any atom is -0.462 e. The number of ether oxygens (including phenoxy) is 2. The Kier molecular flexibility index (Phi) is 14.5. The molecule has 1 aliphatic carbocycles. The second-order valence-electron chi connectivity index (χ2n) is 13.8. The summed E-state index contributed by atoms with van der Waals surface area (Å²) in [5.41, 5.74) is 5.99. The molecule has 3 aromatic rings. The van der Waals surface area contributed by atoms with Crippen LogP contribution < -0.4 is 0 Å². The number of halogens is 2. The van der Waals surface area contributed by atoms with Crippen LogP contribution in [0.5, 0.6) is 0 Å². The molecule has 1 aliphatic rings. The van der Waals surface area contributed by atoms with Gasteiger partial charge in [-0.15, -0.1) is 0 Å². The number of hydrogen-bond acceptors (Lipinski definition) is 5. The molecule has 50 heavy (non-hydrogen) atoms. The molecule has 0 spiro atoms. The van der Waals surface area contributed by atoms with Gasteiger partial charge in [-0.3, -0.25) is 0 Å². The van der Waals surface area contributed by atoms with Crippen LogP contribution >= 0.6 is 0 Å². The van der Waals surface area contributed by atoms with Crippen LogP contribution in [0.3, 0.4) is 0 Å². The van der Waals surface area contributed by atoms with Crippen molar-refractivity contribution in [3.8, 4) is 22.3 Å². The van der Waals surface area contributed by atoms with Crippen LogP contribution in [0.2, 0.25) is 0 Å². The van der Waals surface area contributed by atoms with Crippen molar-refractivity contribution in [2.45, 2.75) is 90.9 Å². The zero-order valence-electron chi connectivity index (χ0n) is 29.9. The maximum absolute atomic E-state index is 15.6. The number of esters is 2. The smallest absolute Gasteiger partial charge is 0.335 e. The number of carbonyl (C=O) groups is 2. The van der Waals surface area contributed by atoms with Gasteiger partial charge in [0.25, 0.3) is 0 Å². The van der Waals surface area contributed by atoms with Crippen molar-refractivity contribution in [2.24, 2.45) is 11.8 Å². The lowest BCUT2D eigenvalue weighted by Gasteiger charge is -2.31. The number of aliphatic hydroxyl groups is 1. The van der Waals surface area contributed by atoms with Gasteiger partial charge in [-0.2, -0.15) is 0 Å². The van der Waals surface area contributed by atoms with Crippen molar-refractivity contribution in [3.63, 3.8) is 0 Å². The van der Waals surface area contributed by atoms with E-state index in [1.54, 1.807) is 31.2 Å². The maximum atomic E-state index is 15.6. The first-order chi connectivity index (χ1) is 24.0. The van der Waals surface area contributed by atoms with Crippen LogP contribution in [0.1, 0.15) is 94.7 Å². The van der Waals surface area contributed by atoms with Crippen LogP contribution in [-0.2, 0) is 31.9 Å².